The summed E-state index contributed by atoms with van der Waals surface area (Å²) in [6.45, 7) is 4.49. The van der Waals surface area contributed by atoms with Gasteiger partial charge in [0, 0.05) is 0 Å². The number of hydrogen-bond donors (Lipinski definition) is 0. The number of fused-ring (bicyclic) bond motifs is 1. The van der Waals surface area contributed by atoms with Gasteiger partial charge in [0.1, 0.15) is 0 Å². The van der Waals surface area contributed by atoms with Crippen molar-refractivity contribution in [2.75, 3.05) is 7.11 Å². The van der Waals surface area contributed by atoms with Gasteiger partial charge in [0.05, 0.1) is 0 Å². The van der Waals surface area contributed by atoms with Crippen molar-refractivity contribution in [3.05, 3.63) is 23.9 Å². The molecule has 1 aromatic heterocycles. The Labute approximate surface area is 120 Å². The van der Waals surface area contributed by atoms with Crippen LogP contribution in [0.25, 0.3) is 9.65 Å². The number of hydrogen-bond acceptors (Lipinski definition) is 1. The number of nitrogens with zero attached hydrogens (tertiary/aromatic N) is 1. The molecule has 0 fully saturated rings. The number of ether oxygens (including phenoxy) is 1. The van der Waals surface area contributed by atoms with Crippen molar-refractivity contribution >= 4 is 24.4 Å². The summed E-state index contributed by atoms with van der Waals surface area (Å²) in [7, 11) is 3.91. The molecule has 2 aromatic rings. The molecule has 0 aliphatic rings. The molecule has 0 spiro atoms. The zero-order valence-corrected chi connectivity index (χ0v) is 13.8. The smallest absolute Gasteiger partial charge is 1.00 e. The molecule has 2 nitrogen and oxygen atoms in total. The second kappa shape index (κ2) is 5.52. The Balaban J connectivity index is 0.00000128. The maximum atomic E-state index is 5.28. The predicted molar refractivity (Wildman–Crippen MR) is 62.7 cm³/mol. The van der Waals surface area contributed by atoms with Gasteiger partial charge in [-0.1, -0.05) is 0 Å². The molecular weight excluding hydrogens is 380 g/mol. The zero-order chi connectivity index (χ0) is 11.0. The van der Waals surface area contributed by atoms with E-state index >= 15 is 0 Å². The van der Waals surface area contributed by atoms with E-state index in [1.165, 1.54) is 15.3 Å². The Morgan fingerprint density at radius 3 is 2.56 bits per heavy atom. The molecule has 0 radical (unpaired) electrons. The zero-order valence-electron chi connectivity index (χ0n) is 9.95. The summed E-state index contributed by atoms with van der Waals surface area (Å²) >= 11 is 0.446. The fourth-order valence-electron chi connectivity index (χ4n) is 1.96. The van der Waals surface area contributed by atoms with Crippen molar-refractivity contribution in [2.45, 2.75) is 19.8 Å². The van der Waals surface area contributed by atoms with E-state index in [1.807, 2.05) is 0 Å². The standard InChI is InChI=1S/C12H16NOSe.HI/c1-8(2)12-10-7-9(14-4)5-6-11(10)15-13(12)3;/h5-8H,1-4H3;1H/q+1;/p-1. The SMILES string of the molecule is COc1ccc2[se][n+](C)c(C(C)C)c2c1.[I-]. The Morgan fingerprint density at radius 1 is 1.31 bits per heavy atom. The van der Waals surface area contributed by atoms with Crippen molar-refractivity contribution in [2.24, 2.45) is 7.05 Å². The Bertz CT molecular complexity index is 493. The molecule has 0 aliphatic carbocycles. The van der Waals surface area contributed by atoms with Crippen molar-refractivity contribution in [1.29, 1.82) is 0 Å². The first-order chi connectivity index (χ1) is 7.13. The summed E-state index contributed by atoms with van der Waals surface area (Å²) in [5.74, 6) is 1.53. The first kappa shape index (κ1) is 14.0. The minimum atomic E-state index is 0. The van der Waals surface area contributed by atoms with E-state index in [1.54, 1.807) is 7.11 Å². The molecule has 0 saturated heterocycles. The molecular formula is C12H16INOSe. The molecule has 1 aromatic carbocycles. The third-order valence-corrected chi connectivity index (χ3v) is 4.73. The average molecular weight is 396 g/mol. The summed E-state index contributed by atoms with van der Waals surface area (Å²) in [4.78, 5) is 0. The fourth-order valence-corrected chi connectivity index (χ4v) is 4.25. The molecule has 0 bridgehead atoms. The third kappa shape index (κ3) is 2.44. The van der Waals surface area contributed by atoms with Crippen LogP contribution in [0.1, 0.15) is 25.5 Å². The number of halogens is 1. The molecule has 0 atom stereocenters. The van der Waals surface area contributed by atoms with E-state index < -0.39 is 0 Å². The van der Waals surface area contributed by atoms with Crippen molar-refractivity contribution in [3.8, 4) is 5.75 Å². The quantitative estimate of drug-likeness (QED) is 0.462. The van der Waals surface area contributed by atoms with Gasteiger partial charge in [0.2, 0.25) is 0 Å². The van der Waals surface area contributed by atoms with Crippen LogP contribution < -0.4 is 32.3 Å². The molecule has 16 heavy (non-hydrogen) atoms. The minimum Gasteiger partial charge on any atom is -1.00 e. The van der Waals surface area contributed by atoms with E-state index in [-0.39, 0.29) is 24.0 Å². The van der Waals surface area contributed by atoms with Gasteiger partial charge in [-0.05, 0) is 0 Å². The Morgan fingerprint density at radius 2 is 2.00 bits per heavy atom. The first-order valence-electron chi connectivity index (χ1n) is 5.10. The van der Waals surface area contributed by atoms with Crippen molar-refractivity contribution in [1.82, 2.24) is 0 Å². The van der Waals surface area contributed by atoms with E-state index in [9.17, 15) is 0 Å². The molecule has 4 heteroatoms. The summed E-state index contributed by atoms with van der Waals surface area (Å²) in [6.07, 6.45) is 0. The van der Waals surface area contributed by atoms with Gasteiger partial charge >= 0.3 is 96.2 Å². The number of aromatic nitrogens is 1. The van der Waals surface area contributed by atoms with E-state index in [0.717, 1.165) is 5.75 Å². The van der Waals surface area contributed by atoms with Crippen molar-refractivity contribution < 1.29 is 32.3 Å². The predicted octanol–water partition coefficient (Wildman–Crippen LogP) is -1.14. The minimum absolute atomic E-state index is 0. The van der Waals surface area contributed by atoms with Crippen LogP contribution in [0.5, 0.6) is 5.75 Å². The summed E-state index contributed by atoms with van der Waals surface area (Å²) in [5, 5.41) is 1.38. The van der Waals surface area contributed by atoms with Crippen LogP contribution in [-0.2, 0) is 7.05 Å². The molecule has 0 aliphatic heterocycles. The Kier molecular flexibility index (Phi) is 4.83. The molecule has 0 unspecified atom stereocenters. The molecule has 88 valence electrons. The normalized spacial score (nSPS) is 10.6. The molecule has 0 saturated carbocycles. The first-order valence-corrected chi connectivity index (χ1v) is 6.72. The number of aryl methyl sites for hydroxylation is 1. The number of rotatable bonds is 2. The average Bonchev–Trinajstić information content (AvgIpc) is 2.52. The van der Waals surface area contributed by atoms with Gasteiger partial charge in [-0.15, -0.1) is 0 Å². The van der Waals surface area contributed by atoms with E-state index in [0.29, 0.717) is 20.7 Å². The van der Waals surface area contributed by atoms with Crippen molar-refractivity contribution in [3.63, 3.8) is 0 Å². The van der Waals surface area contributed by atoms with Crippen LogP contribution in [-0.4, -0.2) is 21.8 Å². The maximum Gasteiger partial charge on any atom is -1.00 e. The van der Waals surface area contributed by atoms with Crippen LogP contribution in [0.15, 0.2) is 18.2 Å². The monoisotopic (exact) mass is 397 g/mol. The van der Waals surface area contributed by atoms with Crippen LogP contribution in [0.4, 0.5) is 0 Å². The molecule has 0 amide bonds. The van der Waals surface area contributed by atoms with E-state index in [2.05, 4.69) is 42.7 Å². The maximum absolute atomic E-state index is 5.28. The number of methoxy groups -OCH3 is 1. The van der Waals surface area contributed by atoms with Crippen LogP contribution in [0, 0.1) is 0 Å². The van der Waals surface area contributed by atoms with Gasteiger partial charge in [0.15, 0.2) is 0 Å². The molecule has 1 heterocycles. The largest absolute Gasteiger partial charge is 1.00 e. The van der Waals surface area contributed by atoms with Gasteiger partial charge in [-0.2, -0.15) is 0 Å². The third-order valence-electron chi connectivity index (χ3n) is 2.58. The van der Waals surface area contributed by atoms with Gasteiger partial charge in [-0.25, -0.2) is 0 Å². The second-order valence-corrected chi connectivity index (χ2v) is 6.45. The summed E-state index contributed by atoms with van der Waals surface area (Å²) in [5.41, 5.74) is 1.45. The summed E-state index contributed by atoms with van der Waals surface area (Å²) < 4.78 is 9.14. The van der Waals surface area contributed by atoms with Crippen LogP contribution in [0.2, 0.25) is 0 Å². The summed E-state index contributed by atoms with van der Waals surface area (Å²) in [6, 6.07) is 6.41. The Hall–Kier alpha value is -0.0605. The van der Waals surface area contributed by atoms with Crippen LogP contribution >= 0.6 is 0 Å². The van der Waals surface area contributed by atoms with Crippen LogP contribution in [0.3, 0.4) is 0 Å². The van der Waals surface area contributed by atoms with Gasteiger partial charge < -0.3 is 24.0 Å². The molecule has 0 N–H and O–H groups in total. The second-order valence-electron chi connectivity index (χ2n) is 3.99. The van der Waals surface area contributed by atoms with Gasteiger partial charge in [-0.3, -0.25) is 0 Å². The number of benzene rings is 1. The van der Waals surface area contributed by atoms with Gasteiger partial charge in [0.25, 0.3) is 0 Å². The topological polar surface area (TPSA) is 13.1 Å². The van der Waals surface area contributed by atoms with E-state index in [4.69, 9.17) is 4.74 Å². The molecule has 2 rings (SSSR count). The fraction of sp³-hybridized carbons (Fsp3) is 0.417.